The largest absolute Gasteiger partial charge is 0.480 e. The Hall–Kier alpha value is -2.20. The van der Waals surface area contributed by atoms with Gasteiger partial charge in [0.15, 0.2) is 0 Å². The van der Waals surface area contributed by atoms with Crippen molar-refractivity contribution in [2.75, 3.05) is 13.1 Å². The fraction of sp³-hybridized carbons (Fsp3) is 0.750. The molecule has 1 aliphatic rings. The summed E-state index contributed by atoms with van der Waals surface area (Å²) >= 11 is 0. The topological polar surface area (TPSA) is 162 Å². The molecule has 10 heteroatoms. The van der Waals surface area contributed by atoms with Gasteiger partial charge in [0.2, 0.25) is 17.7 Å². The van der Waals surface area contributed by atoms with Crippen molar-refractivity contribution >= 4 is 23.7 Å². The van der Waals surface area contributed by atoms with E-state index in [1.807, 2.05) is 13.8 Å². The number of carbonyl (C=O) groups is 4. The molecule has 0 aromatic heterocycles. The minimum atomic E-state index is -1.09. The summed E-state index contributed by atoms with van der Waals surface area (Å²) in [6, 6.07) is -1.98. The zero-order valence-corrected chi connectivity index (χ0v) is 15.1. The number of nitrogens with one attached hydrogen (secondary N) is 2. The second kappa shape index (κ2) is 10.1. The average Bonchev–Trinajstić information content (AvgIpc) is 3.07. The van der Waals surface area contributed by atoms with Crippen LogP contribution in [0.1, 0.15) is 39.5 Å². The molecule has 26 heavy (non-hydrogen) atoms. The first-order valence-corrected chi connectivity index (χ1v) is 8.67. The summed E-state index contributed by atoms with van der Waals surface area (Å²) in [5, 5.41) is 20.4. The molecule has 3 unspecified atom stereocenters. The zero-order valence-electron chi connectivity index (χ0n) is 15.1. The Morgan fingerprint density at radius 1 is 1.27 bits per heavy atom. The normalized spacial score (nSPS) is 19.1. The van der Waals surface area contributed by atoms with E-state index in [0.717, 1.165) is 0 Å². The predicted octanol–water partition coefficient (Wildman–Crippen LogP) is -0.937. The Bertz CT molecular complexity index is 539. The van der Waals surface area contributed by atoms with Gasteiger partial charge in [-0.3, -0.25) is 19.6 Å². The summed E-state index contributed by atoms with van der Waals surface area (Å²) < 4.78 is 0. The van der Waals surface area contributed by atoms with Gasteiger partial charge in [-0.1, -0.05) is 13.8 Å². The maximum Gasteiger partial charge on any atom is 0.326 e. The molecule has 1 fully saturated rings. The molecule has 0 bridgehead atoms. The molecule has 0 spiro atoms. The van der Waals surface area contributed by atoms with Gasteiger partial charge in [0.05, 0.1) is 0 Å². The highest BCUT2D eigenvalue weighted by molar-refractivity contribution is 5.92. The van der Waals surface area contributed by atoms with E-state index in [2.05, 4.69) is 5.32 Å². The monoisotopic (exact) mass is 372 g/mol. The van der Waals surface area contributed by atoms with Crippen molar-refractivity contribution in [3.05, 3.63) is 0 Å². The van der Waals surface area contributed by atoms with Gasteiger partial charge < -0.3 is 21.1 Å². The summed E-state index contributed by atoms with van der Waals surface area (Å²) in [4.78, 5) is 49.0. The highest BCUT2D eigenvalue weighted by Gasteiger charge is 2.37. The number of nitrogens with two attached hydrogens (primary N) is 1. The van der Waals surface area contributed by atoms with Crippen LogP contribution in [0.2, 0.25) is 0 Å². The number of carboxylic acids is 1. The number of carboxylic acid groups (broad SMARTS) is 1. The molecule has 0 radical (unpaired) electrons. The molecule has 0 aromatic carbocycles. The van der Waals surface area contributed by atoms with Crippen LogP contribution in [0.4, 0.5) is 0 Å². The quantitative estimate of drug-likeness (QED) is 0.258. The number of carbonyl (C=O) groups excluding carboxylic acids is 3. The Balaban J connectivity index is 2.82. The van der Waals surface area contributed by atoms with Crippen LogP contribution in [-0.4, -0.2) is 64.1 Å². The van der Waals surface area contributed by atoms with Gasteiger partial charge in [0.1, 0.15) is 12.1 Å². The summed E-state index contributed by atoms with van der Waals surface area (Å²) in [7, 11) is 0. The van der Waals surface area contributed by atoms with Crippen LogP contribution in [0.3, 0.4) is 0 Å². The third-order valence-corrected chi connectivity index (χ3v) is 4.35. The van der Waals surface area contributed by atoms with Crippen LogP contribution < -0.4 is 16.5 Å². The van der Waals surface area contributed by atoms with Crippen LogP contribution in [0.15, 0.2) is 0 Å². The molecule has 3 amide bonds. The smallest absolute Gasteiger partial charge is 0.326 e. The van der Waals surface area contributed by atoms with Crippen molar-refractivity contribution in [1.82, 2.24) is 15.7 Å². The SMILES string of the molecule is CC(C)CC(CC(=O)NO)C(=O)NC(CN)C(=O)N1CCCC1C(=O)O. The molecule has 1 heterocycles. The number of likely N-dealkylation sites (tertiary alicyclic amines) is 1. The van der Waals surface area contributed by atoms with Gasteiger partial charge in [0, 0.05) is 25.4 Å². The molecule has 0 aromatic rings. The molecule has 10 nitrogen and oxygen atoms in total. The number of hydrogen-bond acceptors (Lipinski definition) is 6. The molecule has 3 atom stereocenters. The van der Waals surface area contributed by atoms with Crippen molar-refractivity contribution in [1.29, 1.82) is 0 Å². The van der Waals surface area contributed by atoms with Crippen LogP contribution in [0.5, 0.6) is 0 Å². The van der Waals surface area contributed by atoms with Crippen LogP contribution in [0.25, 0.3) is 0 Å². The molecule has 1 saturated heterocycles. The van der Waals surface area contributed by atoms with Gasteiger partial charge in [-0.25, -0.2) is 10.3 Å². The Kier molecular flexibility index (Phi) is 8.46. The lowest BCUT2D eigenvalue weighted by molar-refractivity contribution is -0.149. The molecule has 148 valence electrons. The minimum absolute atomic E-state index is 0.110. The summed E-state index contributed by atoms with van der Waals surface area (Å²) in [6.07, 6.45) is 1.08. The van der Waals surface area contributed by atoms with Crippen LogP contribution in [-0.2, 0) is 19.2 Å². The van der Waals surface area contributed by atoms with Gasteiger partial charge in [0.25, 0.3) is 0 Å². The first-order chi connectivity index (χ1) is 12.2. The number of nitrogens with zero attached hydrogens (tertiary/aromatic N) is 1. The van der Waals surface area contributed by atoms with E-state index in [1.165, 1.54) is 10.4 Å². The average molecular weight is 372 g/mol. The number of hydroxylamine groups is 1. The first kappa shape index (κ1) is 21.8. The number of aliphatic carboxylic acids is 1. The van der Waals surface area contributed by atoms with Crippen molar-refractivity contribution in [2.45, 2.75) is 51.6 Å². The second-order valence-corrected chi connectivity index (χ2v) is 6.89. The third-order valence-electron chi connectivity index (χ3n) is 4.35. The van der Waals surface area contributed by atoms with E-state index < -0.39 is 41.7 Å². The summed E-state index contributed by atoms with van der Waals surface area (Å²) in [5.41, 5.74) is 7.10. The number of rotatable bonds is 9. The van der Waals surface area contributed by atoms with Crippen molar-refractivity contribution in [3.8, 4) is 0 Å². The molecule has 0 saturated carbocycles. The number of amides is 3. The molecule has 0 aliphatic carbocycles. The van der Waals surface area contributed by atoms with E-state index >= 15 is 0 Å². The predicted molar refractivity (Wildman–Crippen MR) is 90.8 cm³/mol. The maximum absolute atomic E-state index is 12.6. The van der Waals surface area contributed by atoms with E-state index in [0.29, 0.717) is 25.8 Å². The van der Waals surface area contributed by atoms with Crippen LogP contribution in [0, 0.1) is 11.8 Å². The Labute approximate surface area is 152 Å². The van der Waals surface area contributed by atoms with Crippen molar-refractivity contribution in [3.63, 3.8) is 0 Å². The molecular weight excluding hydrogens is 344 g/mol. The zero-order chi connectivity index (χ0) is 19.9. The number of hydrogen-bond donors (Lipinski definition) is 5. The lowest BCUT2D eigenvalue weighted by Gasteiger charge is -2.28. The highest BCUT2D eigenvalue weighted by atomic mass is 16.5. The third kappa shape index (κ3) is 5.95. The molecular formula is C16H28N4O6. The lowest BCUT2D eigenvalue weighted by Crippen LogP contribution is -2.55. The maximum atomic E-state index is 12.6. The van der Waals surface area contributed by atoms with Crippen LogP contribution >= 0.6 is 0 Å². The van der Waals surface area contributed by atoms with Crippen molar-refractivity contribution < 1.29 is 29.5 Å². The van der Waals surface area contributed by atoms with E-state index in [-0.39, 0.29) is 18.9 Å². The van der Waals surface area contributed by atoms with Crippen molar-refractivity contribution in [2.24, 2.45) is 17.6 Å². The Morgan fingerprint density at radius 2 is 1.92 bits per heavy atom. The standard InChI is InChI=1S/C16H28N4O6/c1-9(2)6-10(7-13(21)19-26)14(22)18-11(8-17)15(23)20-5-3-4-12(20)16(24)25/h9-12,26H,3-8,17H2,1-2H3,(H,18,22)(H,19,21)(H,24,25). The first-order valence-electron chi connectivity index (χ1n) is 8.67. The van der Waals surface area contributed by atoms with Gasteiger partial charge in [-0.05, 0) is 25.2 Å². The van der Waals surface area contributed by atoms with E-state index in [1.54, 1.807) is 0 Å². The molecule has 6 N–H and O–H groups in total. The lowest BCUT2D eigenvalue weighted by atomic mass is 9.92. The highest BCUT2D eigenvalue weighted by Crippen LogP contribution is 2.19. The van der Waals surface area contributed by atoms with Gasteiger partial charge >= 0.3 is 5.97 Å². The molecule has 1 aliphatic heterocycles. The fourth-order valence-electron chi connectivity index (χ4n) is 3.12. The molecule has 1 rings (SSSR count). The van der Waals surface area contributed by atoms with E-state index in [4.69, 9.17) is 10.9 Å². The summed E-state index contributed by atoms with van der Waals surface area (Å²) in [5.74, 6) is -3.49. The minimum Gasteiger partial charge on any atom is -0.480 e. The van der Waals surface area contributed by atoms with Gasteiger partial charge in [-0.15, -0.1) is 0 Å². The summed E-state index contributed by atoms with van der Waals surface area (Å²) in [6.45, 7) is 3.87. The Morgan fingerprint density at radius 3 is 2.42 bits per heavy atom. The fourth-order valence-corrected chi connectivity index (χ4v) is 3.12. The second-order valence-electron chi connectivity index (χ2n) is 6.89. The van der Waals surface area contributed by atoms with Gasteiger partial charge in [-0.2, -0.15) is 0 Å². The van der Waals surface area contributed by atoms with E-state index in [9.17, 15) is 24.3 Å².